The Hall–Kier alpha value is -1.79. The summed E-state index contributed by atoms with van der Waals surface area (Å²) in [5.41, 5.74) is 2.89. The van der Waals surface area contributed by atoms with Crippen LogP contribution in [0, 0.1) is 5.92 Å². The Morgan fingerprint density at radius 2 is 2.19 bits per heavy atom. The van der Waals surface area contributed by atoms with Gasteiger partial charge in [-0.05, 0) is 25.3 Å². The lowest BCUT2D eigenvalue weighted by Crippen LogP contribution is -2.24. The predicted octanol–water partition coefficient (Wildman–Crippen LogP) is 0.734. The van der Waals surface area contributed by atoms with E-state index in [0.717, 1.165) is 49.6 Å². The molecule has 1 atom stereocenters. The molecule has 6 nitrogen and oxygen atoms in total. The number of aryl methyl sites for hydroxylation is 1. The van der Waals surface area contributed by atoms with E-state index in [9.17, 15) is 0 Å². The smallest absolute Gasteiger partial charge is 0.107 e. The second kappa shape index (κ2) is 6.32. The summed E-state index contributed by atoms with van der Waals surface area (Å²) in [6.07, 6.45) is 9.33. The molecule has 0 saturated carbocycles. The fourth-order valence-electron chi connectivity index (χ4n) is 2.95. The fourth-order valence-corrected chi connectivity index (χ4v) is 2.95. The van der Waals surface area contributed by atoms with E-state index in [-0.39, 0.29) is 6.61 Å². The molecule has 0 bridgehead atoms. The molecular weight excluding hydrogens is 266 g/mol. The number of imidazole rings is 1. The van der Waals surface area contributed by atoms with Crippen LogP contribution >= 0.6 is 0 Å². The van der Waals surface area contributed by atoms with Crippen LogP contribution in [0.1, 0.15) is 12.1 Å². The van der Waals surface area contributed by atoms with Crippen LogP contribution in [0.3, 0.4) is 0 Å². The molecule has 0 aromatic carbocycles. The molecule has 112 valence electrons. The minimum absolute atomic E-state index is 0.239. The zero-order valence-electron chi connectivity index (χ0n) is 12.3. The number of aliphatic hydroxyl groups excluding tert-OH is 1. The highest BCUT2D eigenvalue weighted by Crippen LogP contribution is 2.21. The third-order valence-corrected chi connectivity index (χ3v) is 4.05. The number of β-amino-alcohol motifs (C(OH)–C–C–N with tert-alkyl or cyclic N) is 1. The number of nitrogens with zero attached hydrogens (tertiary/aromatic N) is 5. The predicted molar refractivity (Wildman–Crippen MR) is 79.6 cm³/mol. The first-order valence-corrected chi connectivity index (χ1v) is 7.37. The van der Waals surface area contributed by atoms with E-state index in [1.165, 1.54) is 0 Å². The van der Waals surface area contributed by atoms with Crippen LogP contribution in [0.2, 0.25) is 0 Å². The van der Waals surface area contributed by atoms with Crippen molar-refractivity contribution < 1.29 is 5.11 Å². The normalized spacial score (nSPS) is 19.2. The number of aromatic nitrogens is 4. The summed E-state index contributed by atoms with van der Waals surface area (Å²) in [4.78, 5) is 15.5. The monoisotopic (exact) mass is 287 g/mol. The number of aliphatic hydroxyl groups is 1. The number of rotatable bonds is 5. The standard InChI is InChI=1S/C15H21N5O/c1-19-11-17-9-15(19)14-8-16-7-13(18-14)6-12-2-3-20(10-12)4-5-21/h7-9,11-12,21H,2-6,10H2,1H3/t12-/m0/s1. The minimum atomic E-state index is 0.239. The van der Waals surface area contributed by atoms with Crippen molar-refractivity contribution >= 4 is 0 Å². The lowest BCUT2D eigenvalue weighted by atomic mass is 10.0. The van der Waals surface area contributed by atoms with Gasteiger partial charge in [0.05, 0.1) is 36.7 Å². The average Bonchev–Trinajstić information content (AvgIpc) is 3.09. The van der Waals surface area contributed by atoms with Gasteiger partial charge in [-0.1, -0.05) is 0 Å². The van der Waals surface area contributed by atoms with Gasteiger partial charge in [0.15, 0.2) is 0 Å². The Kier molecular flexibility index (Phi) is 4.26. The first kappa shape index (κ1) is 14.2. The van der Waals surface area contributed by atoms with Gasteiger partial charge in [-0.2, -0.15) is 0 Å². The van der Waals surface area contributed by atoms with Crippen LogP contribution < -0.4 is 0 Å². The number of hydrogen-bond acceptors (Lipinski definition) is 5. The summed E-state index contributed by atoms with van der Waals surface area (Å²) < 4.78 is 1.95. The molecule has 21 heavy (non-hydrogen) atoms. The maximum Gasteiger partial charge on any atom is 0.107 e. The molecule has 3 rings (SSSR count). The van der Waals surface area contributed by atoms with Crippen molar-refractivity contribution in [3.8, 4) is 11.4 Å². The Bertz CT molecular complexity index is 597. The molecule has 0 amide bonds. The van der Waals surface area contributed by atoms with Gasteiger partial charge in [0.2, 0.25) is 0 Å². The van der Waals surface area contributed by atoms with Gasteiger partial charge >= 0.3 is 0 Å². The maximum atomic E-state index is 9.00. The maximum absolute atomic E-state index is 9.00. The second-order valence-corrected chi connectivity index (χ2v) is 5.67. The highest BCUT2D eigenvalue weighted by atomic mass is 16.3. The van der Waals surface area contributed by atoms with E-state index < -0.39 is 0 Å². The number of hydrogen-bond donors (Lipinski definition) is 1. The number of likely N-dealkylation sites (tertiary alicyclic amines) is 1. The quantitative estimate of drug-likeness (QED) is 0.878. The molecule has 6 heteroatoms. The van der Waals surface area contributed by atoms with Crippen LogP contribution in [0.4, 0.5) is 0 Å². The van der Waals surface area contributed by atoms with E-state index in [0.29, 0.717) is 5.92 Å². The highest BCUT2D eigenvalue weighted by Gasteiger charge is 2.22. The molecule has 0 unspecified atom stereocenters. The molecule has 1 aliphatic rings. The van der Waals surface area contributed by atoms with Gasteiger partial charge in [-0.25, -0.2) is 9.97 Å². The van der Waals surface area contributed by atoms with E-state index in [2.05, 4.69) is 14.9 Å². The zero-order chi connectivity index (χ0) is 14.7. The first-order valence-electron chi connectivity index (χ1n) is 7.37. The van der Waals surface area contributed by atoms with Crippen LogP contribution in [0.15, 0.2) is 24.9 Å². The van der Waals surface area contributed by atoms with E-state index in [1.807, 2.05) is 24.0 Å². The van der Waals surface area contributed by atoms with Crippen molar-refractivity contribution in [3.63, 3.8) is 0 Å². The zero-order valence-corrected chi connectivity index (χ0v) is 12.3. The summed E-state index contributed by atoms with van der Waals surface area (Å²) >= 11 is 0. The van der Waals surface area contributed by atoms with Crippen molar-refractivity contribution in [2.45, 2.75) is 12.8 Å². The average molecular weight is 287 g/mol. The second-order valence-electron chi connectivity index (χ2n) is 5.67. The van der Waals surface area contributed by atoms with Gasteiger partial charge in [-0.3, -0.25) is 4.98 Å². The van der Waals surface area contributed by atoms with Crippen molar-refractivity contribution in [1.29, 1.82) is 0 Å². The third-order valence-electron chi connectivity index (χ3n) is 4.05. The molecule has 1 N–H and O–H groups in total. The van der Waals surface area contributed by atoms with Crippen LogP contribution in [-0.4, -0.2) is 55.8 Å². The van der Waals surface area contributed by atoms with Crippen molar-refractivity contribution in [2.75, 3.05) is 26.2 Å². The highest BCUT2D eigenvalue weighted by molar-refractivity contribution is 5.52. The van der Waals surface area contributed by atoms with Gasteiger partial charge < -0.3 is 14.6 Å². The molecule has 3 heterocycles. The summed E-state index contributed by atoms with van der Waals surface area (Å²) in [5, 5.41) is 9.00. The van der Waals surface area contributed by atoms with Crippen LogP contribution in [0.25, 0.3) is 11.4 Å². The van der Waals surface area contributed by atoms with Gasteiger partial charge in [0, 0.05) is 26.3 Å². The Morgan fingerprint density at radius 1 is 1.29 bits per heavy atom. The fraction of sp³-hybridized carbons (Fsp3) is 0.533. The minimum Gasteiger partial charge on any atom is -0.395 e. The molecule has 0 aliphatic carbocycles. The first-order chi connectivity index (χ1) is 10.3. The SMILES string of the molecule is Cn1cncc1-c1cncc(C[C@@H]2CCN(CCO)C2)n1. The molecule has 0 spiro atoms. The molecule has 2 aromatic heterocycles. The molecule has 2 aromatic rings. The molecule has 0 radical (unpaired) electrons. The summed E-state index contributed by atoms with van der Waals surface area (Å²) in [7, 11) is 1.96. The van der Waals surface area contributed by atoms with Gasteiger partial charge in [0.1, 0.15) is 5.69 Å². The Morgan fingerprint density at radius 3 is 2.95 bits per heavy atom. The third kappa shape index (κ3) is 3.28. The van der Waals surface area contributed by atoms with E-state index >= 15 is 0 Å². The largest absolute Gasteiger partial charge is 0.395 e. The lowest BCUT2D eigenvalue weighted by molar-refractivity contribution is 0.217. The molecule has 1 fully saturated rings. The summed E-state index contributed by atoms with van der Waals surface area (Å²) in [6, 6.07) is 0. The Balaban J connectivity index is 1.68. The van der Waals surface area contributed by atoms with Crippen molar-refractivity contribution in [3.05, 3.63) is 30.6 Å². The summed E-state index contributed by atoms with van der Waals surface area (Å²) in [5.74, 6) is 0.604. The summed E-state index contributed by atoms with van der Waals surface area (Å²) in [6.45, 7) is 3.12. The van der Waals surface area contributed by atoms with E-state index in [4.69, 9.17) is 10.1 Å². The lowest BCUT2D eigenvalue weighted by Gasteiger charge is -2.14. The molecule has 1 saturated heterocycles. The van der Waals surface area contributed by atoms with E-state index in [1.54, 1.807) is 12.5 Å². The van der Waals surface area contributed by atoms with Gasteiger partial charge in [-0.15, -0.1) is 0 Å². The Labute approximate surface area is 124 Å². The van der Waals surface area contributed by atoms with Crippen molar-refractivity contribution in [2.24, 2.45) is 13.0 Å². The van der Waals surface area contributed by atoms with Gasteiger partial charge in [0.25, 0.3) is 0 Å². The molecule has 1 aliphatic heterocycles. The molecular formula is C15H21N5O. The van der Waals surface area contributed by atoms with Crippen LogP contribution in [0.5, 0.6) is 0 Å². The van der Waals surface area contributed by atoms with Crippen molar-refractivity contribution in [1.82, 2.24) is 24.4 Å². The van der Waals surface area contributed by atoms with Crippen LogP contribution in [-0.2, 0) is 13.5 Å². The topological polar surface area (TPSA) is 67.1 Å².